The largest absolute Gasteiger partial charge is 0.398 e. The fraction of sp³-hybridized carbons (Fsp3) is 0.167. The molecule has 0 unspecified atom stereocenters. The van der Waals surface area contributed by atoms with Gasteiger partial charge in [0.1, 0.15) is 0 Å². The first-order valence-corrected chi connectivity index (χ1v) is 3.68. The molecule has 0 saturated carbocycles. The molecule has 0 aromatic carbocycles. The first kappa shape index (κ1) is 7.08. The summed E-state index contributed by atoms with van der Waals surface area (Å²) in [5.74, 6) is -0.339. The lowest BCUT2D eigenvalue weighted by molar-refractivity contribution is -0.117. The zero-order chi connectivity index (χ0) is 7.56. The molecule has 54 valence electrons. The number of anilines is 1. The highest BCUT2D eigenvalue weighted by atomic mass is 32.1. The molecule has 1 amide bonds. The fourth-order valence-electron chi connectivity index (χ4n) is 0.652. The molecule has 1 heterocycles. The van der Waals surface area contributed by atoms with Crippen LogP contribution in [0.25, 0.3) is 0 Å². The Hall–Kier alpha value is -1.03. The second-order valence-electron chi connectivity index (χ2n) is 1.94. The van der Waals surface area contributed by atoms with E-state index < -0.39 is 0 Å². The monoisotopic (exact) mass is 156 g/mol. The first-order chi connectivity index (χ1) is 4.70. The molecule has 1 aromatic rings. The maximum atomic E-state index is 10.4. The second-order valence-corrected chi connectivity index (χ2v) is 2.94. The molecule has 0 radical (unpaired) electrons. The number of hydrogen-bond acceptors (Lipinski definition) is 3. The van der Waals surface area contributed by atoms with Crippen molar-refractivity contribution in [3.63, 3.8) is 0 Å². The summed E-state index contributed by atoms with van der Waals surface area (Å²) >= 11 is 1.45. The summed E-state index contributed by atoms with van der Waals surface area (Å²) in [6, 6.07) is 1.77. The maximum absolute atomic E-state index is 10.4. The van der Waals surface area contributed by atoms with E-state index >= 15 is 0 Å². The summed E-state index contributed by atoms with van der Waals surface area (Å²) in [6.45, 7) is 0. The number of primary amides is 1. The molecular weight excluding hydrogens is 148 g/mol. The molecule has 10 heavy (non-hydrogen) atoms. The lowest BCUT2D eigenvalue weighted by Crippen LogP contribution is -2.13. The van der Waals surface area contributed by atoms with Gasteiger partial charge in [0, 0.05) is 10.6 Å². The van der Waals surface area contributed by atoms with E-state index in [1.807, 2.05) is 5.38 Å². The highest BCUT2D eigenvalue weighted by Crippen LogP contribution is 2.18. The molecule has 4 heteroatoms. The molecule has 0 bridgehead atoms. The van der Waals surface area contributed by atoms with E-state index in [2.05, 4.69) is 0 Å². The van der Waals surface area contributed by atoms with Crippen molar-refractivity contribution in [2.45, 2.75) is 6.42 Å². The highest BCUT2D eigenvalue weighted by molar-refractivity contribution is 7.10. The van der Waals surface area contributed by atoms with Crippen molar-refractivity contribution in [3.05, 3.63) is 16.3 Å². The van der Waals surface area contributed by atoms with Crippen LogP contribution in [0.5, 0.6) is 0 Å². The lowest BCUT2D eigenvalue weighted by Gasteiger charge is -1.92. The molecule has 4 N–H and O–H groups in total. The number of carbonyl (C=O) groups excluding carboxylic acids is 1. The SMILES string of the molecule is NC(=O)Cc1sccc1N. The van der Waals surface area contributed by atoms with E-state index in [1.54, 1.807) is 6.07 Å². The zero-order valence-corrected chi connectivity index (χ0v) is 6.15. The number of thiophene rings is 1. The van der Waals surface area contributed by atoms with Gasteiger partial charge in [-0.05, 0) is 11.4 Å². The van der Waals surface area contributed by atoms with Crippen molar-refractivity contribution in [2.24, 2.45) is 5.73 Å². The summed E-state index contributed by atoms with van der Waals surface area (Å²) in [4.78, 5) is 11.2. The average Bonchev–Trinajstić information content (AvgIpc) is 2.15. The van der Waals surface area contributed by atoms with Gasteiger partial charge >= 0.3 is 0 Å². The van der Waals surface area contributed by atoms with Crippen molar-refractivity contribution in [1.29, 1.82) is 0 Å². The van der Waals surface area contributed by atoms with Crippen LogP contribution in [0.3, 0.4) is 0 Å². The molecular formula is C6H8N2OS. The molecule has 0 aliphatic heterocycles. The summed E-state index contributed by atoms with van der Waals surface area (Å²) < 4.78 is 0. The normalized spacial score (nSPS) is 9.60. The minimum Gasteiger partial charge on any atom is -0.398 e. The molecule has 0 spiro atoms. The number of hydrogen-bond donors (Lipinski definition) is 2. The van der Waals surface area contributed by atoms with E-state index in [0.717, 1.165) is 4.88 Å². The average molecular weight is 156 g/mol. The number of nitrogens with two attached hydrogens (primary N) is 2. The van der Waals surface area contributed by atoms with Crippen molar-refractivity contribution >= 4 is 22.9 Å². The standard InChI is InChI=1S/C6H8N2OS/c7-4-1-2-10-5(4)3-6(8)9/h1-2H,3,7H2,(H2,8,9). The number of rotatable bonds is 2. The quantitative estimate of drug-likeness (QED) is 0.649. The summed E-state index contributed by atoms with van der Waals surface area (Å²) in [6.07, 6.45) is 0.253. The van der Waals surface area contributed by atoms with E-state index in [1.165, 1.54) is 11.3 Å². The topological polar surface area (TPSA) is 69.1 Å². The molecule has 0 fully saturated rings. The molecule has 1 aromatic heterocycles. The first-order valence-electron chi connectivity index (χ1n) is 2.80. The zero-order valence-electron chi connectivity index (χ0n) is 5.33. The van der Waals surface area contributed by atoms with Gasteiger partial charge in [-0.3, -0.25) is 4.79 Å². The highest BCUT2D eigenvalue weighted by Gasteiger charge is 2.02. The van der Waals surface area contributed by atoms with E-state index in [9.17, 15) is 4.79 Å². The molecule has 0 aliphatic carbocycles. The lowest BCUT2D eigenvalue weighted by atomic mass is 10.3. The van der Waals surface area contributed by atoms with Crippen LogP contribution in [0.15, 0.2) is 11.4 Å². The van der Waals surface area contributed by atoms with Gasteiger partial charge in [-0.2, -0.15) is 0 Å². The van der Waals surface area contributed by atoms with Gasteiger partial charge in [-0.25, -0.2) is 0 Å². The Bertz CT molecular complexity index is 244. The van der Waals surface area contributed by atoms with Gasteiger partial charge in [0.15, 0.2) is 0 Å². The minimum absolute atomic E-state index is 0.253. The van der Waals surface area contributed by atoms with Crippen LogP contribution in [0, 0.1) is 0 Å². The predicted octanol–water partition coefficient (Wildman–Crippen LogP) is 0.358. The van der Waals surface area contributed by atoms with Gasteiger partial charge in [-0.15, -0.1) is 11.3 Å². The molecule has 3 nitrogen and oxygen atoms in total. The van der Waals surface area contributed by atoms with E-state index in [4.69, 9.17) is 11.5 Å². The van der Waals surface area contributed by atoms with Crippen molar-refractivity contribution in [1.82, 2.24) is 0 Å². The van der Waals surface area contributed by atoms with Gasteiger partial charge in [0.05, 0.1) is 6.42 Å². The van der Waals surface area contributed by atoms with Gasteiger partial charge in [-0.1, -0.05) is 0 Å². The number of nitrogen functional groups attached to an aromatic ring is 1. The molecule has 0 saturated heterocycles. The van der Waals surface area contributed by atoms with E-state index in [0.29, 0.717) is 5.69 Å². The number of amides is 1. The fourth-order valence-corrected chi connectivity index (χ4v) is 1.46. The summed E-state index contributed by atoms with van der Waals surface area (Å²) in [7, 11) is 0. The van der Waals surface area contributed by atoms with Crippen LogP contribution in [-0.4, -0.2) is 5.91 Å². The third-order valence-electron chi connectivity index (χ3n) is 1.11. The van der Waals surface area contributed by atoms with E-state index in [-0.39, 0.29) is 12.3 Å². The predicted molar refractivity (Wildman–Crippen MR) is 41.6 cm³/mol. The Morgan fingerprint density at radius 2 is 2.40 bits per heavy atom. The van der Waals surface area contributed by atoms with Gasteiger partial charge in [0.2, 0.25) is 5.91 Å². The minimum atomic E-state index is -0.339. The molecule has 0 aliphatic rings. The van der Waals surface area contributed by atoms with Crippen LogP contribution in [0.4, 0.5) is 5.69 Å². The van der Waals surface area contributed by atoms with Crippen molar-refractivity contribution in [3.8, 4) is 0 Å². The Morgan fingerprint density at radius 3 is 2.80 bits per heavy atom. The van der Waals surface area contributed by atoms with Gasteiger partial charge < -0.3 is 11.5 Å². The Kier molecular flexibility index (Phi) is 1.91. The van der Waals surface area contributed by atoms with Crippen LogP contribution < -0.4 is 11.5 Å². The smallest absolute Gasteiger partial charge is 0.222 e. The van der Waals surface area contributed by atoms with Crippen molar-refractivity contribution < 1.29 is 4.79 Å². The van der Waals surface area contributed by atoms with Crippen LogP contribution in [0.2, 0.25) is 0 Å². The van der Waals surface area contributed by atoms with Crippen LogP contribution in [0.1, 0.15) is 4.88 Å². The van der Waals surface area contributed by atoms with Crippen LogP contribution in [-0.2, 0) is 11.2 Å². The van der Waals surface area contributed by atoms with Crippen LogP contribution >= 0.6 is 11.3 Å². The summed E-state index contributed by atoms with van der Waals surface area (Å²) in [5, 5.41) is 1.84. The third kappa shape index (κ3) is 1.48. The molecule has 0 atom stereocenters. The Balaban J connectivity index is 2.74. The van der Waals surface area contributed by atoms with Gasteiger partial charge in [0.25, 0.3) is 0 Å². The Labute approximate surface area is 62.6 Å². The molecule has 1 rings (SSSR count). The summed E-state index contributed by atoms with van der Waals surface area (Å²) in [5.41, 5.74) is 11.1. The third-order valence-corrected chi connectivity index (χ3v) is 2.05. The maximum Gasteiger partial charge on any atom is 0.222 e. The number of carbonyl (C=O) groups is 1. The second kappa shape index (κ2) is 2.70. The Morgan fingerprint density at radius 1 is 1.70 bits per heavy atom. The van der Waals surface area contributed by atoms with Crippen molar-refractivity contribution in [2.75, 3.05) is 5.73 Å².